The van der Waals surface area contributed by atoms with Crippen LogP contribution in [0.1, 0.15) is 18.9 Å². The van der Waals surface area contributed by atoms with Crippen molar-refractivity contribution in [2.75, 3.05) is 11.9 Å². The third-order valence-corrected chi connectivity index (χ3v) is 2.86. The number of hydrogen-bond acceptors (Lipinski definition) is 3. The summed E-state index contributed by atoms with van der Waals surface area (Å²) in [6, 6.07) is 4.17. The highest BCUT2D eigenvalue weighted by atomic mass is 19.1. The fraction of sp³-hybridized carbons (Fsp3) is 0.385. The topological polar surface area (TPSA) is 55.4 Å². The Bertz CT molecular complexity index is 487. The molecule has 0 aliphatic carbocycles. The molecule has 0 spiro atoms. The van der Waals surface area contributed by atoms with Crippen molar-refractivity contribution in [1.29, 1.82) is 0 Å². The molecule has 0 aromatic heterocycles. The average Bonchev–Trinajstić information content (AvgIpc) is 2.47. The normalized spacial score (nSPS) is 18.6. The van der Waals surface area contributed by atoms with E-state index in [9.17, 15) is 14.0 Å². The number of esters is 1. The number of halogens is 1. The lowest BCUT2D eigenvalue weighted by molar-refractivity contribution is -0.149. The molecule has 4 nitrogen and oxygen atoms in total. The summed E-state index contributed by atoms with van der Waals surface area (Å²) >= 11 is 0. The Balaban J connectivity index is 2.27. The number of nitrogens with one attached hydrogen (secondary N) is 1. The molecule has 0 saturated carbocycles. The van der Waals surface area contributed by atoms with Crippen molar-refractivity contribution in [2.45, 2.75) is 19.8 Å². The van der Waals surface area contributed by atoms with Crippen LogP contribution in [0.25, 0.3) is 0 Å². The molecule has 0 fully saturated rings. The van der Waals surface area contributed by atoms with Crippen LogP contribution >= 0.6 is 0 Å². The number of ether oxygens (including phenoxy) is 1. The minimum Gasteiger partial charge on any atom is -0.466 e. The number of carbonyl (C=O) groups excluding carboxylic acids is 2. The van der Waals surface area contributed by atoms with E-state index in [4.69, 9.17) is 4.74 Å². The van der Waals surface area contributed by atoms with Crippen LogP contribution in [-0.4, -0.2) is 18.5 Å². The van der Waals surface area contributed by atoms with Crippen LogP contribution < -0.4 is 5.32 Å². The molecule has 1 aromatic carbocycles. The zero-order valence-electron chi connectivity index (χ0n) is 10.0. The maximum absolute atomic E-state index is 13.1. The molecule has 96 valence electrons. The van der Waals surface area contributed by atoms with E-state index < -0.39 is 11.7 Å². The molecule has 0 radical (unpaired) electrons. The third kappa shape index (κ3) is 2.67. The van der Waals surface area contributed by atoms with Gasteiger partial charge in [0.05, 0.1) is 12.5 Å². The lowest BCUT2D eigenvalue weighted by atomic mass is 9.97. The lowest BCUT2D eigenvalue weighted by Crippen LogP contribution is -2.23. The second kappa shape index (κ2) is 5.16. The maximum Gasteiger partial charge on any atom is 0.309 e. The average molecular weight is 251 g/mol. The number of carbonyl (C=O) groups is 2. The summed E-state index contributed by atoms with van der Waals surface area (Å²) < 4.78 is 18.0. The minimum atomic E-state index is -0.503. The van der Waals surface area contributed by atoms with Crippen LogP contribution in [0.3, 0.4) is 0 Å². The van der Waals surface area contributed by atoms with Crippen molar-refractivity contribution >= 4 is 17.6 Å². The number of amides is 1. The van der Waals surface area contributed by atoms with Gasteiger partial charge in [-0.25, -0.2) is 4.39 Å². The Morgan fingerprint density at radius 1 is 1.50 bits per heavy atom. The molecular weight excluding hydrogens is 237 g/mol. The standard InChI is InChI=1S/C13H14FNO3/c1-2-18-13(17)9-5-8-3-4-10(14)7-11(8)15-12(16)6-9/h3-4,7,9H,2,5-6H2,1H3,(H,15,16)/t9-/m1/s1. The highest BCUT2D eigenvalue weighted by Gasteiger charge is 2.28. The summed E-state index contributed by atoms with van der Waals surface area (Å²) in [6.45, 7) is 2.01. The first-order chi connectivity index (χ1) is 8.60. The van der Waals surface area contributed by atoms with Gasteiger partial charge in [-0.2, -0.15) is 0 Å². The van der Waals surface area contributed by atoms with Gasteiger partial charge in [-0.15, -0.1) is 0 Å². The minimum absolute atomic E-state index is 0.0646. The molecule has 1 aliphatic rings. The molecule has 0 saturated heterocycles. The molecule has 2 rings (SSSR count). The second-order valence-electron chi connectivity index (χ2n) is 4.21. The van der Waals surface area contributed by atoms with Gasteiger partial charge < -0.3 is 10.1 Å². The Hall–Kier alpha value is -1.91. The number of fused-ring (bicyclic) bond motifs is 1. The molecule has 1 aromatic rings. The SMILES string of the molecule is CCOC(=O)[C@H]1CC(=O)Nc2cc(F)ccc2C1. The summed E-state index contributed by atoms with van der Waals surface area (Å²) in [5.74, 6) is -1.59. The van der Waals surface area contributed by atoms with Gasteiger partial charge in [0.15, 0.2) is 0 Å². The van der Waals surface area contributed by atoms with Gasteiger partial charge in [0.25, 0.3) is 0 Å². The predicted octanol–water partition coefficient (Wildman–Crippen LogP) is 1.89. The molecule has 1 aliphatic heterocycles. The zero-order valence-corrected chi connectivity index (χ0v) is 10.0. The van der Waals surface area contributed by atoms with Gasteiger partial charge in [0.2, 0.25) is 5.91 Å². The highest BCUT2D eigenvalue weighted by Crippen LogP contribution is 2.26. The molecule has 18 heavy (non-hydrogen) atoms. The summed E-state index contributed by atoms with van der Waals surface area (Å²) in [7, 11) is 0. The molecule has 1 heterocycles. The van der Waals surface area contributed by atoms with Crippen LogP contribution in [0, 0.1) is 11.7 Å². The summed E-state index contributed by atoms with van der Waals surface area (Å²) in [4.78, 5) is 23.3. The molecule has 5 heteroatoms. The monoisotopic (exact) mass is 251 g/mol. The van der Waals surface area contributed by atoms with E-state index in [0.717, 1.165) is 5.56 Å². The van der Waals surface area contributed by atoms with Crippen LogP contribution in [0.4, 0.5) is 10.1 Å². The fourth-order valence-corrected chi connectivity index (χ4v) is 2.03. The zero-order chi connectivity index (χ0) is 13.1. The number of benzene rings is 1. The van der Waals surface area contributed by atoms with E-state index in [1.807, 2.05) is 0 Å². The number of anilines is 1. The summed E-state index contributed by atoms with van der Waals surface area (Å²) in [6.07, 6.45) is 0.447. The maximum atomic E-state index is 13.1. The first-order valence-corrected chi connectivity index (χ1v) is 5.85. The van der Waals surface area contributed by atoms with Crippen molar-refractivity contribution < 1.29 is 18.7 Å². The van der Waals surface area contributed by atoms with Gasteiger partial charge >= 0.3 is 5.97 Å². The quantitative estimate of drug-likeness (QED) is 0.817. The van der Waals surface area contributed by atoms with Gasteiger partial charge in [0, 0.05) is 12.1 Å². The van der Waals surface area contributed by atoms with Crippen LogP contribution in [0.2, 0.25) is 0 Å². The van der Waals surface area contributed by atoms with E-state index in [0.29, 0.717) is 12.1 Å². The second-order valence-corrected chi connectivity index (χ2v) is 4.21. The predicted molar refractivity (Wildman–Crippen MR) is 63.5 cm³/mol. The smallest absolute Gasteiger partial charge is 0.309 e. The first-order valence-electron chi connectivity index (χ1n) is 5.85. The van der Waals surface area contributed by atoms with E-state index >= 15 is 0 Å². The lowest BCUT2D eigenvalue weighted by Gasteiger charge is -2.11. The Morgan fingerprint density at radius 3 is 3.00 bits per heavy atom. The van der Waals surface area contributed by atoms with Gasteiger partial charge in [0.1, 0.15) is 5.82 Å². The van der Waals surface area contributed by atoms with Gasteiger partial charge in [-0.05, 0) is 31.0 Å². The van der Waals surface area contributed by atoms with Crippen molar-refractivity contribution in [1.82, 2.24) is 0 Å². The largest absolute Gasteiger partial charge is 0.466 e. The Kier molecular flexibility index (Phi) is 3.60. The van der Waals surface area contributed by atoms with Crippen molar-refractivity contribution in [3.63, 3.8) is 0 Å². The Morgan fingerprint density at radius 2 is 2.28 bits per heavy atom. The van der Waals surface area contributed by atoms with Crippen molar-refractivity contribution in [3.8, 4) is 0 Å². The van der Waals surface area contributed by atoms with Crippen molar-refractivity contribution in [3.05, 3.63) is 29.6 Å². The first kappa shape index (κ1) is 12.5. The summed E-state index contributed by atoms with van der Waals surface area (Å²) in [5, 5.41) is 2.60. The molecule has 1 N–H and O–H groups in total. The highest BCUT2D eigenvalue weighted by molar-refractivity contribution is 5.95. The number of rotatable bonds is 2. The summed E-state index contributed by atoms with van der Waals surface area (Å²) in [5.41, 5.74) is 1.19. The third-order valence-electron chi connectivity index (χ3n) is 2.86. The fourth-order valence-electron chi connectivity index (χ4n) is 2.03. The van der Waals surface area contributed by atoms with Gasteiger partial charge in [-0.1, -0.05) is 6.07 Å². The van der Waals surface area contributed by atoms with E-state index in [1.54, 1.807) is 13.0 Å². The van der Waals surface area contributed by atoms with Crippen LogP contribution in [0.15, 0.2) is 18.2 Å². The van der Waals surface area contributed by atoms with E-state index in [-0.39, 0.29) is 24.9 Å². The molecular formula is C13H14FNO3. The van der Waals surface area contributed by atoms with Crippen molar-refractivity contribution in [2.24, 2.45) is 5.92 Å². The van der Waals surface area contributed by atoms with E-state index in [2.05, 4.69) is 5.32 Å². The number of hydrogen-bond donors (Lipinski definition) is 1. The van der Waals surface area contributed by atoms with Crippen LogP contribution in [0.5, 0.6) is 0 Å². The van der Waals surface area contributed by atoms with Crippen LogP contribution in [-0.2, 0) is 20.7 Å². The molecule has 1 atom stereocenters. The molecule has 1 amide bonds. The van der Waals surface area contributed by atoms with Gasteiger partial charge in [-0.3, -0.25) is 9.59 Å². The Labute approximate surface area is 104 Å². The van der Waals surface area contributed by atoms with E-state index in [1.165, 1.54) is 12.1 Å². The molecule has 0 bridgehead atoms. The molecule has 0 unspecified atom stereocenters.